The van der Waals surface area contributed by atoms with Crippen LogP contribution >= 0.6 is 0 Å². The largest absolute Gasteiger partial charge is 0.493 e. The summed E-state index contributed by atoms with van der Waals surface area (Å²) in [5.74, 6) is 1.06. The Kier molecular flexibility index (Phi) is 6.02. The average Bonchev–Trinajstić information content (AvgIpc) is 2.34. The fraction of sp³-hybridized carbons (Fsp3) is 0.562. The maximum Gasteiger partial charge on any atom is 0.250 e. The smallest absolute Gasteiger partial charge is 0.250 e. The zero-order valence-electron chi connectivity index (χ0n) is 13.0. The molecule has 112 valence electrons. The summed E-state index contributed by atoms with van der Waals surface area (Å²) in [7, 11) is 0. The zero-order chi connectivity index (χ0) is 15.2. The first-order valence-electron chi connectivity index (χ1n) is 6.93. The van der Waals surface area contributed by atoms with E-state index in [4.69, 9.17) is 9.47 Å². The third kappa shape index (κ3) is 7.14. The summed E-state index contributed by atoms with van der Waals surface area (Å²) in [6.07, 6.45) is 0. The topological polar surface area (TPSA) is 47.6 Å². The van der Waals surface area contributed by atoms with Crippen molar-refractivity contribution in [2.24, 2.45) is 5.92 Å². The van der Waals surface area contributed by atoms with E-state index in [-0.39, 0.29) is 18.1 Å². The molecule has 0 radical (unpaired) electrons. The first-order chi connectivity index (χ1) is 9.26. The summed E-state index contributed by atoms with van der Waals surface area (Å²) < 4.78 is 11.1. The first kappa shape index (κ1) is 16.5. The molecule has 0 unspecified atom stereocenters. The number of carbonyl (C=O) groups is 1. The van der Waals surface area contributed by atoms with E-state index in [1.54, 1.807) is 0 Å². The van der Waals surface area contributed by atoms with E-state index in [1.807, 2.05) is 45.0 Å². The standard InChI is InChI=1S/C16H25NO3/c1-12(2)10-19-14-8-6-7-13(9-14)17-15(18)11-20-16(3,4)5/h6-9,12H,10-11H2,1-5H3,(H,17,18). The molecular formula is C16H25NO3. The van der Waals surface area contributed by atoms with Gasteiger partial charge >= 0.3 is 0 Å². The van der Waals surface area contributed by atoms with E-state index in [9.17, 15) is 4.79 Å². The van der Waals surface area contributed by atoms with Crippen LogP contribution in [0.3, 0.4) is 0 Å². The van der Waals surface area contributed by atoms with Crippen LogP contribution in [0.25, 0.3) is 0 Å². The molecule has 0 heterocycles. The van der Waals surface area contributed by atoms with Crippen LogP contribution in [0.1, 0.15) is 34.6 Å². The number of rotatable bonds is 6. The van der Waals surface area contributed by atoms with E-state index in [0.717, 1.165) is 5.75 Å². The molecule has 0 atom stereocenters. The van der Waals surface area contributed by atoms with E-state index < -0.39 is 0 Å². The number of hydrogen-bond donors (Lipinski definition) is 1. The lowest BCUT2D eigenvalue weighted by Gasteiger charge is -2.19. The summed E-state index contributed by atoms with van der Waals surface area (Å²) in [5.41, 5.74) is 0.397. The number of nitrogens with one attached hydrogen (secondary N) is 1. The molecule has 0 saturated heterocycles. The highest BCUT2D eigenvalue weighted by Crippen LogP contribution is 2.18. The predicted molar refractivity (Wildman–Crippen MR) is 81.1 cm³/mol. The minimum atomic E-state index is -0.320. The highest BCUT2D eigenvalue weighted by atomic mass is 16.5. The minimum absolute atomic E-state index is 0.0422. The Labute approximate surface area is 121 Å². The number of amides is 1. The Balaban J connectivity index is 2.51. The van der Waals surface area contributed by atoms with Gasteiger partial charge in [0.25, 0.3) is 0 Å². The molecule has 4 heteroatoms. The third-order valence-corrected chi connectivity index (χ3v) is 2.34. The maximum absolute atomic E-state index is 11.8. The monoisotopic (exact) mass is 279 g/mol. The van der Waals surface area contributed by atoms with Crippen molar-refractivity contribution >= 4 is 11.6 Å². The second-order valence-corrected chi connectivity index (χ2v) is 6.18. The van der Waals surface area contributed by atoms with Gasteiger partial charge < -0.3 is 14.8 Å². The minimum Gasteiger partial charge on any atom is -0.493 e. The van der Waals surface area contributed by atoms with Crippen molar-refractivity contribution in [2.75, 3.05) is 18.5 Å². The van der Waals surface area contributed by atoms with Gasteiger partial charge in [-0.25, -0.2) is 0 Å². The van der Waals surface area contributed by atoms with Crippen LogP contribution in [-0.4, -0.2) is 24.7 Å². The van der Waals surface area contributed by atoms with Crippen molar-refractivity contribution in [3.63, 3.8) is 0 Å². The molecular weight excluding hydrogens is 254 g/mol. The van der Waals surface area contributed by atoms with Gasteiger partial charge in [0, 0.05) is 11.8 Å². The SMILES string of the molecule is CC(C)COc1cccc(NC(=O)COC(C)(C)C)c1. The number of benzene rings is 1. The van der Waals surface area contributed by atoms with Crippen molar-refractivity contribution in [1.82, 2.24) is 0 Å². The lowest BCUT2D eigenvalue weighted by Crippen LogP contribution is -2.27. The molecule has 0 aliphatic heterocycles. The zero-order valence-corrected chi connectivity index (χ0v) is 13.0. The lowest BCUT2D eigenvalue weighted by atomic mass is 10.2. The second kappa shape index (κ2) is 7.29. The van der Waals surface area contributed by atoms with Gasteiger partial charge in [-0.05, 0) is 38.8 Å². The first-order valence-corrected chi connectivity index (χ1v) is 6.93. The molecule has 1 amide bonds. The fourth-order valence-corrected chi connectivity index (χ4v) is 1.41. The van der Waals surface area contributed by atoms with Crippen molar-refractivity contribution in [2.45, 2.75) is 40.2 Å². The Morgan fingerprint density at radius 1 is 1.30 bits per heavy atom. The molecule has 1 aromatic carbocycles. The van der Waals surface area contributed by atoms with Gasteiger partial charge in [0.1, 0.15) is 12.4 Å². The second-order valence-electron chi connectivity index (χ2n) is 6.18. The average molecular weight is 279 g/mol. The van der Waals surface area contributed by atoms with Gasteiger partial charge in [-0.3, -0.25) is 4.79 Å². The Morgan fingerprint density at radius 3 is 2.60 bits per heavy atom. The molecule has 0 fully saturated rings. The molecule has 0 spiro atoms. The number of anilines is 1. The molecule has 1 rings (SSSR count). The normalized spacial score (nSPS) is 11.5. The summed E-state index contributed by atoms with van der Waals surface area (Å²) in [5, 5.41) is 2.80. The quantitative estimate of drug-likeness (QED) is 0.867. The van der Waals surface area contributed by atoms with E-state index in [2.05, 4.69) is 19.2 Å². The molecule has 20 heavy (non-hydrogen) atoms. The lowest BCUT2D eigenvalue weighted by molar-refractivity contribution is -0.125. The van der Waals surface area contributed by atoms with Gasteiger partial charge in [0.05, 0.1) is 12.2 Å². The van der Waals surface area contributed by atoms with E-state index in [1.165, 1.54) is 0 Å². The van der Waals surface area contributed by atoms with Gasteiger partial charge in [0.15, 0.2) is 0 Å². The summed E-state index contributed by atoms with van der Waals surface area (Å²) in [6, 6.07) is 7.38. The van der Waals surface area contributed by atoms with Gasteiger partial charge in [-0.1, -0.05) is 19.9 Å². The van der Waals surface area contributed by atoms with E-state index >= 15 is 0 Å². The van der Waals surface area contributed by atoms with Crippen LogP contribution in [0.2, 0.25) is 0 Å². The van der Waals surface area contributed by atoms with Crippen LogP contribution in [-0.2, 0) is 9.53 Å². The predicted octanol–water partition coefficient (Wildman–Crippen LogP) is 3.48. The van der Waals surface area contributed by atoms with Crippen molar-refractivity contribution < 1.29 is 14.3 Å². The molecule has 4 nitrogen and oxygen atoms in total. The summed E-state index contributed by atoms with van der Waals surface area (Å²) >= 11 is 0. The van der Waals surface area contributed by atoms with Crippen LogP contribution < -0.4 is 10.1 Å². The van der Waals surface area contributed by atoms with E-state index in [0.29, 0.717) is 18.2 Å². The molecule has 0 aromatic heterocycles. The van der Waals surface area contributed by atoms with Gasteiger partial charge in [0.2, 0.25) is 5.91 Å². The third-order valence-electron chi connectivity index (χ3n) is 2.34. The van der Waals surface area contributed by atoms with Crippen LogP contribution in [0.15, 0.2) is 24.3 Å². The number of ether oxygens (including phenoxy) is 2. The molecule has 0 aliphatic rings. The maximum atomic E-state index is 11.8. The van der Waals surface area contributed by atoms with Crippen LogP contribution in [0, 0.1) is 5.92 Å². The van der Waals surface area contributed by atoms with Crippen molar-refractivity contribution in [3.05, 3.63) is 24.3 Å². The number of hydrogen-bond acceptors (Lipinski definition) is 3. The summed E-state index contributed by atoms with van der Waals surface area (Å²) in [4.78, 5) is 11.8. The van der Waals surface area contributed by atoms with Gasteiger partial charge in [-0.2, -0.15) is 0 Å². The molecule has 1 aromatic rings. The molecule has 0 aliphatic carbocycles. The van der Waals surface area contributed by atoms with Crippen LogP contribution in [0.5, 0.6) is 5.75 Å². The van der Waals surface area contributed by atoms with Crippen LogP contribution in [0.4, 0.5) is 5.69 Å². The Bertz CT molecular complexity index is 436. The highest BCUT2D eigenvalue weighted by Gasteiger charge is 2.13. The molecule has 1 N–H and O–H groups in total. The number of carbonyl (C=O) groups excluding carboxylic acids is 1. The fourth-order valence-electron chi connectivity index (χ4n) is 1.41. The highest BCUT2D eigenvalue weighted by molar-refractivity contribution is 5.91. The summed E-state index contributed by atoms with van der Waals surface area (Å²) in [6.45, 7) is 10.6. The van der Waals surface area contributed by atoms with Crippen molar-refractivity contribution in [1.29, 1.82) is 0 Å². The molecule has 0 saturated carbocycles. The Morgan fingerprint density at radius 2 is 2.00 bits per heavy atom. The van der Waals surface area contributed by atoms with Gasteiger partial charge in [-0.15, -0.1) is 0 Å². The Hall–Kier alpha value is -1.55. The molecule has 0 bridgehead atoms. The van der Waals surface area contributed by atoms with Crippen molar-refractivity contribution in [3.8, 4) is 5.75 Å².